The Morgan fingerprint density at radius 2 is 1.58 bits per heavy atom. The molecule has 0 aromatic carbocycles. The molecule has 1 nitrogen and oxygen atoms in total. The molecule has 0 aliphatic heterocycles. The maximum atomic E-state index is 4.48. The average molecular weight is 326 g/mol. The molecule has 0 bridgehead atoms. The fraction of sp³-hybridized carbons (Fsp3) is 0.706. The Kier molecular flexibility index (Phi) is 9.15. The number of aromatic nitrogens is 1. The Labute approximate surface area is 127 Å². The molecule has 1 heterocycles. The van der Waals surface area contributed by atoms with E-state index in [4.69, 9.17) is 0 Å². The molecular formula is C17H28BrN. The maximum absolute atomic E-state index is 4.48. The number of rotatable bonds is 10. The normalized spacial score (nSPS) is 10.9. The van der Waals surface area contributed by atoms with Crippen molar-refractivity contribution < 1.29 is 0 Å². The highest BCUT2D eigenvalue weighted by atomic mass is 79.9. The summed E-state index contributed by atoms with van der Waals surface area (Å²) in [4.78, 5) is 4.48. The van der Waals surface area contributed by atoms with Crippen molar-refractivity contribution in [3.8, 4) is 0 Å². The van der Waals surface area contributed by atoms with E-state index in [9.17, 15) is 0 Å². The lowest BCUT2D eigenvalue weighted by Gasteiger charge is -2.09. The van der Waals surface area contributed by atoms with Gasteiger partial charge in [-0.25, -0.2) is 0 Å². The third-order valence-electron chi connectivity index (χ3n) is 3.70. The fourth-order valence-corrected chi connectivity index (χ4v) is 3.06. The van der Waals surface area contributed by atoms with E-state index in [0.717, 1.165) is 6.42 Å². The zero-order valence-electron chi connectivity index (χ0n) is 12.6. The minimum Gasteiger partial charge on any atom is -0.261 e. The molecule has 1 aromatic rings. The van der Waals surface area contributed by atoms with Crippen LogP contribution in [-0.4, -0.2) is 4.98 Å². The first-order valence-electron chi connectivity index (χ1n) is 7.91. The Morgan fingerprint density at radius 3 is 2.21 bits per heavy atom. The van der Waals surface area contributed by atoms with Crippen molar-refractivity contribution in [1.82, 2.24) is 4.98 Å². The molecule has 19 heavy (non-hydrogen) atoms. The van der Waals surface area contributed by atoms with Crippen LogP contribution in [0.1, 0.15) is 76.5 Å². The van der Waals surface area contributed by atoms with Gasteiger partial charge in [0, 0.05) is 16.4 Å². The summed E-state index contributed by atoms with van der Waals surface area (Å²) in [5.74, 6) is 0. The molecule has 108 valence electrons. The lowest BCUT2D eigenvalue weighted by molar-refractivity contribution is 0.574. The quantitative estimate of drug-likeness (QED) is 0.474. The fourth-order valence-electron chi connectivity index (χ4n) is 2.51. The van der Waals surface area contributed by atoms with E-state index >= 15 is 0 Å². The number of pyridine rings is 1. The smallest absolute Gasteiger partial charge is 0.0444 e. The molecule has 0 spiro atoms. The van der Waals surface area contributed by atoms with E-state index in [2.05, 4.69) is 40.8 Å². The molecule has 0 unspecified atom stereocenters. The van der Waals surface area contributed by atoms with Crippen LogP contribution in [0.4, 0.5) is 0 Å². The van der Waals surface area contributed by atoms with Crippen molar-refractivity contribution >= 4 is 15.9 Å². The van der Waals surface area contributed by atoms with Gasteiger partial charge in [-0.3, -0.25) is 4.98 Å². The zero-order chi connectivity index (χ0) is 13.9. The van der Waals surface area contributed by atoms with Crippen molar-refractivity contribution in [2.45, 2.75) is 78.1 Å². The van der Waals surface area contributed by atoms with Crippen LogP contribution in [0, 0.1) is 0 Å². The van der Waals surface area contributed by atoms with Gasteiger partial charge in [0.15, 0.2) is 0 Å². The Balaban J connectivity index is 2.19. The summed E-state index contributed by atoms with van der Waals surface area (Å²) >= 11 is 3.66. The molecule has 0 atom stereocenters. The molecule has 0 aliphatic rings. The highest BCUT2D eigenvalue weighted by Gasteiger charge is 2.06. The standard InChI is InChI=1S/C17H28BrN/c1-3-5-6-7-8-9-10-11-12-15-16(18)13-14-19-17(15)4-2/h13-14H,3-12H2,1-2H3. The van der Waals surface area contributed by atoms with Crippen molar-refractivity contribution in [1.29, 1.82) is 0 Å². The van der Waals surface area contributed by atoms with Crippen molar-refractivity contribution in [3.05, 3.63) is 28.0 Å². The van der Waals surface area contributed by atoms with Crippen LogP contribution in [0.3, 0.4) is 0 Å². The van der Waals surface area contributed by atoms with Gasteiger partial charge in [0.05, 0.1) is 0 Å². The van der Waals surface area contributed by atoms with Crippen LogP contribution in [-0.2, 0) is 12.8 Å². The van der Waals surface area contributed by atoms with Crippen LogP contribution in [0.25, 0.3) is 0 Å². The van der Waals surface area contributed by atoms with Gasteiger partial charge in [0.25, 0.3) is 0 Å². The van der Waals surface area contributed by atoms with Gasteiger partial charge in [-0.1, -0.05) is 74.7 Å². The van der Waals surface area contributed by atoms with Crippen LogP contribution in [0.5, 0.6) is 0 Å². The molecule has 1 aromatic heterocycles. The number of unbranched alkanes of at least 4 members (excludes halogenated alkanes) is 7. The predicted molar refractivity (Wildman–Crippen MR) is 87.6 cm³/mol. The second-order valence-corrected chi connectivity index (χ2v) is 6.15. The van der Waals surface area contributed by atoms with E-state index in [-0.39, 0.29) is 0 Å². The molecular weight excluding hydrogens is 298 g/mol. The molecule has 0 saturated carbocycles. The Bertz CT molecular complexity index is 349. The third-order valence-corrected chi connectivity index (χ3v) is 4.45. The lowest BCUT2D eigenvalue weighted by Crippen LogP contribution is -1.98. The zero-order valence-corrected chi connectivity index (χ0v) is 14.1. The summed E-state index contributed by atoms with van der Waals surface area (Å²) in [5, 5.41) is 0. The summed E-state index contributed by atoms with van der Waals surface area (Å²) < 4.78 is 1.24. The van der Waals surface area contributed by atoms with E-state index in [1.54, 1.807) is 0 Å². The predicted octanol–water partition coefficient (Wildman–Crippen LogP) is 6.09. The Hall–Kier alpha value is -0.370. The van der Waals surface area contributed by atoms with Crippen LogP contribution >= 0.6 is 15.9 Å². The van der Waals surface area contributed by atoms with Gasteiger partial charge in [-0.05, 0) is 30.9 Å². The highest BCUT2D eigenvalue weighted by molar-refractivity contribution is 9.10. The molecule has 1 rings (SSSR count). The topological polar surface area (TPSA) is 12.9 Å². The molecule has 0 saturated heterocycles. The second-order valence-electron chi connectivity index (χ2n) is 5.30. The number of nitrogens with zero attached hydrogens (tertiary/aromatic N) is 1. The van der Waals surface area contributed by atoms with Crippen LogP contribution in [0.2, 0.25) is 0 Å². The number of halogens is 1. The summed E-state index contributed by atoms with van der Waals surface area (Å²) in [6.45, 7) is 4.46. The summed E-state index contributed by atoms with van der Waals surface area (Å²) in [6, 6.07) is 2.07. The van der Waals surface area contributed by atoms with Gasteiger partial charge in [-0.2, -0.15) is 0 Å². The molecule has 0 N–H and O–H groups in total. The first-order chi connectivity index (χ1) is 9.29. The average Bonchev–Trinajstić information content (AvgIpc) is 2.43. The largest absolute Gasteiger partial charge is 0.261 e. The number of hydrogen-bond acceptors (Lipinski definition) is 1. The molecule has 0 aliphatic carbocycles. The summed E-state index contributed by atoms with van der Waals surface area (Å²) in [7, 11) is 0. The van der Waals surface area contributed by atoms with Gasteiger partial charge in [0.2, 0.25) is 0 Å². The minimum absolute atomic E-state index is 1.03. The first-order valence-corrected chi connectivity index (χ1v) is 8.71. The van der Waals surface area contributed by atoms with E-state index in [1.807, 2.05) is 6.20 Å². The summed E-state index contributed by atoms with van der Waals surface area (Å²) in [5.41, 5.74) is 2.69. The SMILES string of the molecule is CCCCCCCCCCc1c(Br)ccnc1CC. The van der Waals surface area contributed by atoms with Crippen molar-refractivity contribution in [2.75, 3.05) is 0 Å². The molecule has 0 fully saturated rings. The van der Waals surface area contributed by atoms with Crippen molar-refractivity contribution in [2.24, 2.45) is 0 Å². The van der Waals surface area contributed by atoms with Gasteiger partial charge < -0.3 is 0 Å². The van der Waals surface area contributed by atoms with E-state index in [1.165, 1.54) is 73.5 Å². The monoisotopic (exact) mass is 325 g/mol. The van der Waals surface area contributed by atoms with Crippen LogP contribution in [0.15, 0.2) is 16.7 Å². The van der Waals surface area contributed by atoms with E-state index in [0.29, 0.717) is 0 Å². The highest BCUT2D eigenvalue weighted by Crippen LogP contribution is 2.22. The van der Waals surface area contributed by atoms with Crippen molar-refractivity contribution in [3.63, 3.8) is 0 Å². The number of hydrogen-bond donors (Lipinski definition) is 0. The third kappa shape index (κ3) is 6.56. The summed E-state index contributed by atoms with van der Waals surface area (Å²) in [6.07, 6.45) is 15.2. The maximum Gasteiger partial charge on any atom is 0.0444 e. The molecule has 2 heteroatoms. The minimum atomic E-state index is 1.03. The van der Waals surface area contributed by atoms with Gasteiger partial charge >= 0.3 is 0 Å². The van der Waals surface area contributed by atoms with E-state index < -0.39 is 0 Å². The molecule has 0 radical (unpaired) electrons. The first kappa shape index (κ1) is 16.7. The Morgan fingerprint density at radius 1 is 0.947 bits per heavy atom. The van der Waals surface area contributed by atoms with Gasteiger partial charge in [0.1, 0.15) is 0 Å². The second kappa shape index (κ2) is 10.4. The van der Waals surface area contributed by atoms with Gasteiger partial charge in [-0.15, -0.1) is 0 Å². The molecule has 0 amide bonds. The number of aryl methyl sites for hydroxylation is 1. The van der Waals surface area contributed by atoms with Crippen LogP contribution < -0.4 is 0 Å². The lowest BCUT2D eigenvalue weighted by atomic mass is 10.0.